The van der Waals surface area contributed by atoms with Crippen LogP contribution in [0.5, 0.6) is 0 Å². The minimum Gasteiger partial charge on any atom is -0.294 e. The first-order valence-electron chi connectivity index (χ1n) is 4.30. The number of benzene rings is 1. The first-order valence-corrected chi connectivity index (χ1v) is 5.09. The third kappa shape index (κ3) is 2.29. The van der Waals surface area contributed by atoms with E-state index in [1.54, 1.807) is 14.0 Å². The van der Waals surface area contributed by atoms with Crippen molar-refractivity contribution >= 4 is 27.4 Å². The lowest BCUT2D eigenvalue weighted by molar-refractivity contribution is 0.101. The van der Waals surface area contributed by atoms with Crippen molar-refractivity contribution in [3.63, 3.8) is 0 Å². The molecule has 0 N–H and O–H groups in total. The number of aliphatic imine (C=N–C) groups is 1. The van der Waals surface area contributed by atoms with Crippen LogP contribution in [0.4, 0.5) is 0 Å². The van der Waals surface area contributed by atoms with Gasteiger partial charge in [-0.2, -0.15) is 0 Å². The number of carbonyl (C=O) groups excluding carboxylic acids is 1. The highest BCUT2D eigenvalue weighted by molar-refractivity contribution is 9.10. The maximum atomic E-state index is 11.3. The average Bonchev–Trinajstić information content (AvgIpc) is 2.16. The summed E-state index contributed by atoms with van der Waals surface area (Å²) in [5.41, 5.74) is 2.49. The van der Waals surface area contributed by atoms with Gasteiger partial charge in [0.2, 0.25) is 0 Å². The van der Waals surface area contributed by atoms with E-state index < -0.39 is 0 Å². The van der Waals surface area contributed by atoms with Crippen LogP contribution in [0, 0.1) is 0 Å². The largest absolute Gasteiger partial charge is 0.294 e. The lowest BCUT2D eigenvalue weighted by Crippen LogP contribution is -2.04. The van der Waals surface area contributed by atoms with E-state index >= 15 is 0 Å². The van der Waals surface area contributed by atoms with Crippen LogP contribution in [0.3, 0.4) is 0 Å². The number of rotatable bonds is 2. The van der Waals surface area contributed by atoms with E-state index in [0.29, 0.717) is 0 Å². The molecule has 1 aromatic rings. The summed E-state index contributed by atoms with van der Waals surface area (Å²) < 4.78 is 0.959. The summed E-state index contributed by atoms with van der Waals surface area (Å²) in [5.74, 6) is 0.0653. The number of Topliss-reactive ketones (excluding diaryl/α,β-unsaturated/α-hetero) is 1. The molecule has 0 aliphatic heterocycles. The topological polar surface area (TPSA) is 29.4 Å². The summed E-state index contributed by atoms with van der Waals surface area (Å²) >= 11 is 3.38. The van der Waals surface area contributed by atoms with Crippen LogP contribution in [0.25, 0.3) is 0 Å². The molecule has 3 heteroatoms. The Hall–Kier alpha value is -0.960. The molecule has 0 bridgehead atoms. The molecular weight excluding hydrogens is 242 g/mol. The van der Waals surface area contributed by atoms with Gasteiger partial charge in [-0.05, 0) is 32.0 Å². The number of hydrogen-bond acceptors (Lipinski definition) is 2. The van der Waals surface area contributed by atoms with E-state index in [2.05, 4.69) is 20.9 Å². The van der Waals surface area contributed by atoms with Gasteiger partial charge in [0.15, 0.2) is 5.78 Å². The Morgan fingerprint density at radius 2 is 1.93 bits per heavy atom. The third-order valence-electron chi connectivity index (χ3n) is 2.09. The monoisotopic (exact) mass is 253 g/mol. The fourth-order valence-electron chi connectivity index (χ4n) is 1.24. The standard InChI is InChI=1S/C11H12BrNO/c1-7(13-3)11-6-9(12)4-5-10(11)8(2)14/h4-6H,1-3H3. The van der Waals surface area contributed by atoms with E-state index in [9.17, 15) is 4.79 Å². The fraction of sp³-hybridized carbons (Fsp3) is 0.273. The van der Waals surface area contributed by atoms with Crippen molar-refractivity contribution in [3.8, 4) is 0 Å². The van der Waals surface area contributed by atoms with Crippen molar-refractivity contribution in [2.45, 2.75) is 13.8 Å². The molecule has 0 radical (unpaired) electrons. The van der Waals surface area contributed by atoms with E-state index in [-0.39, 0.29) is 5.78 Å². The molecule has 2 nitrogen and oxygen atoms in total. The summed E-state index contributed by atoms with van der Waals surface area (Å²) in [4.78, 5) is 15.4. The SMILES string of the molecule is CN=C(C)c1cc(Br)ccc1C(C)=O. The van der Waals surface area contributed by atoms with Crippen LogP contribution < -0.4 is 0 Å². The Morgan fingerprint density at radius 3 is 2.43 bits per heavy atom. The van der Waals surface area contributed by atoms with Crippen LogP contribution in [-0.2, 0) is 0 Å². The average molecular weight is 254 g/mol. The maximum absolute atomic E-state index is 11.3. The highest BCUT2D eigenvalue weighted by Gasteiger charge is 2.09. The van der Waals surface area contributed by atoms with Gasteiger partial charge in [-0.15, -0.1) is 0 Å². The summed E-state index contributed by atoms with van der Waals surface area (Å²) in [6.07, 6.45) is 0. The van der Waals surface area contributed by atoms with Gasteiger partial charge in [0.05, 0.1) is 0 Å². The quantitative estimate of drug-likeness (QED) is 0.589. The third-order valence-corrected chi connectivity index (χ3v) is 2.58. The van der Waals surface area contributed by atoms with Crippen LogP contribution >= 0.6 is 15.9 Å². The second-order valence-electron chi connectivity index (χ2n) is 3.06. The Morgan fingerprint density at radius 1 is 1.29 bits per heavy atom. The minimum absolute atomic E-state index is 0.0653. The molecule has 0 unspecified atom stereocenters. The molecule has 0 fully saturated rings. The molecule has 0 atom stereocenters. The highest BCUT2D eigenvalue weighted by atomic mass is 79.9. The minimum atomic E-state index is 0.0653. The summed E-state index contributed by atoms with van der Waals surface area (Å²) in [5, 5.41) is 0. The number of ketones is 1. The van der Waals surface area contributed by atoms with Gasteiger partial charge >= 0.3 is 0 Å². The van der Waals surface area contributed by atoms with Gasteiger partial charge in [0.1, 0.15) is 0 Å². The Bertz CT molecular complexity index is 396. The van der Waals surface area contributed by atoms with Gasteiger partial charge in [0, 0.05) is 28.4 Å². The molecule has 74 valence electrons. The molecule has 0 saturated carbocycles. The summed E-state index contributed by atoms with van der Waals surface area (Å²) in [7, 11) is 1.72. The molecule has 0 amide bonds. The Labute approximate surface area is 92.2 Å². The van der Waals surface area contributed by atoms with E-state index in [4.69, 9.17) is 0 Å². The predicted octanol–water partition coefficient (Wildman–Crippen LogP) is 3.09. The Kier molecular flexibility index (Phi) is 3.58. The maximum Gasteiger partial charge on any atom is 0.160 e. The second kappa shape index (κ2) is 4.51. The van der Waals surface area contributed by atoms with Crippen molar-refractivity contribution < 1.29 is 4.79 Å². The summed E-state index contributed by atoms with van der Waals surface area (Å²) in [6, 6.07) is 5.60. The van der Waals surface area contributed by atoms with Crippen LogP contribution in [0.2, 0.25) is 0 Å². The lowest BCUT2D eigenvalue weighted by atomic mass is 10.0. The molecule has 0 aliphatic carbocycles. The second-order valence-corrected chi connectivity index (χ2v) is 3.97. The van der Waals surface area contributed by atoms with Crippen molar-refractivity contribution in [1.82, 2.24) is 0 Å². The highest BCUT2D eigenvalue weighted by Crippen LogP contribution is 2.18. The van der Waals surface area contributed by atoms with Crippen LogP contribution in [0.1, 0.15) is 29.8 Å². The fourth-order valence-corrected chi connectivity index (χ4v) is 1.60. The smallest absolute Gasteiger partial charge is 0.160 e. The van der Waals surface area contributed by atoms with Gasteiger partial charge < -0.3 is 0 Å². The molecule has 0 heterocycles. The zero-order valence-corrected chi connectivity index (χ0v) is 10.1. The zero-order chi connectivity index (χ0) is 10.7. The van der Waals surface area contributed by atoms with Crippen LogP contribution in [0.15, 0.2) is 27.7 Å². The predicted molar refractivity (Wildman–Crippen MR) is 62.3 cm³/mol. The Balaban J connectivity index is 3.37. The molecule has 0 aromatic heterocycles. The van der Waals surface area contributed by atoms with Crippen molar-refractivity contribution in [3.05, 3.63) is 33.8 Å². The molecule has 0 saturated heterocycles. The summed E-state index contributed by atoms with van der Waals surface area (Å²) in [6.45, 7) is 3.46. The van der Waals surface area contributed by atoms with Crippen molar-refractivity contribution in [1.29, 1.82) is 0 Å². The number of nitrogens with zero attached hydrogens (tertiary/aromatic N) is 1. The van der Waals surface area contributed by atoms with E-state index in [0.717, 1.165) is 21.3 Å². The molecule has 0 aliphatic rings. The zero-order valence-electron chi connectivity index (χ0n) is 8.47. The van der Waals surface area contributed by atoms with Crippen LogP contribution in [-0.4, -0.2) is 18.5 Å². The van der Waals surface area contributed by atoms with Crippen molar-refractivity contribution in [2.24, 2.45) is 4.99 Å². The number of carbonyl (C=O) groups is 1. The van der Waals surface area contributed by atoms with Gasteiger partial charge in [0.25, 0.3) is 0 Å². The van der Waals surface area contributed by atoms with Gasteiger partial charge in [-0.1, -0.05) is 15.9 Å². The first kappa shape index (κ1) is 11.1. The molecule has 14 heavy (non-hydrogen) atoms. The number of halogens is 1. The molecule has 1 aromatic carbocycles. The van der Waals surface area contributed by atoms with E-state index in [1.165, 1.54) is 0 Å². The number of hydrogen-bond donors (Lipinski definition) is 0. The molecular formula is C11H12BrNO. The van der Waals surface area contributed by atoms with E-state index in [1.807, 2.05) is 25.1 Å². The van der Waals surface area contributed by atoms with Gasteiger partial charge in [-0.25, -0.2) is 0 Å². The van der Waals surface area contributed by atoms with Gasteiger partial charge in [-0.3, -0.25) is 9.79 Å². The normalized spacial score (nSPS) is 11.6. The molecule has 1 rings (SSSR count). The van der Waals surface area contributed by atoms with Crippen molar-refractivity contribution in [2.75, 3.05) is 7.05 Å². The molecule has 0 spiro atoms. The first-order chi connectivity index (χ1) is 6.56. The lowest BCUT2D eigenvalue weighted by Gasteiger charge is -2.06.